The highest BCUT2D eigenvalue weighted by Gasteiger charge is 2.15. The zero-order valence-electron chi connectivity index (χ0n) is 17.5. The number of aromatic nitrogens is 3. The Balaban J connectivity index is 1.46. The number of nitrogens with two attached hydrogens (primary N) is 1. The Morgan fingerprint density at radius 1 is 1.07 bits per heavy atom. The fraction of sp³-hybridized carbons (Fsp3) is 0.391. The fourth-order valence-electron chi connectivity index (χ4n) is 3.82. The van der Waals surface area contributed by atoms with Crippen molar-refractivity contribution in [2.75, 3.05) is 45.7 Å². The van der Waals surface area contributed by atoms with Crippen LogP contribution in [0.5, 0.6) is 5.75 Å². The van der Waals surface area contributed by atoms with Gasteiger partial charge in [-0.05, 0) is 54.8 Å². The van der Waals surface area contributed by atoms with Gasteiger partial charge in [-0.3, -0.25) is 14.6 Å². The van der Waals surface area contributed by atoms with E-state index in [4.69, 9.17) is 15.2 Å². The highest BCUT2D eigenvalue weighted by Crippen LogP contribution is 2.27. The summed E-state index contributed by atoms with van der Waals surface area (Å²) in [4.78, 5) is 7.03. The molecular formula is C23H29N5O2. The van der Waals surface area contributed by atoms with Gasteiger partial charge in [-0.1, -0.05) is 12.1 Å². The van der Waals surface area contributed by atoms with Gasteiger partial charge in [-0.2, -0.15) is 5.10 Å². The van der Waals surface area contributed by atoms with E-state index in [1.807, 2.05) is 47.3 Å². The number of pyridine rings is 1. The third-order valence-corrected chi connectivity index (χ3v) is 5.56. The minimum absolute atomic E-state index is 0.648. The lowest BCUT2D eigenvalue weighted by molar-refractivity contribution is 0.0375. The summed E-state index contributed by atoms with van der Waals surface area (Å²) >= 11 is 0. The molecule has 30 heavy (non-hydrogen) atoms. The van der Waals surface area contributed by atoms with E-state index < -0.39 is 0 Å². The predicted molar refractivity (Wildman–Crippen MR) is 118 cm³/mol. The molecule has 2 N–H and O–H groups in total. The van der Waals surface area contributed by atoms with Gasteiger partial charge in [-0.15, -0.1) is 0 Å². The number of aryl methyl sites for hydroxylation is 1. The molecule has 3 aromatic rings. The SMILES string of the molecule is COc1ccc(Cn2nccc2-c2nccc(CCCN3CCOCC3)c2N)cc1. The van der Waals surface area contributed by atoms with Crippen molar-refractivity contribution in [1.82, 2.24) is 19.7 Å². The standard InChI is InChI=1S/C23H29N5O2/c1-29-20-6-4-18(5-7-20)17-28-21(9-11-26-28)23-22(24)19(8-10-25-23)3-2-12-27-13-15-30-16-14-27/h4-11H,2-3,12-17,24H2,1H3. The Kier molecular flexibility index (Phi) is 6.61. The predicted octanol–water partition coefficient (Wildman–Crippen LogP) is 2.85. The second-order valence-electron chi connectivity index (χ2n) is 7.51. The molecule has 0 amide bonds. The number of nitrogen functional groups attached to an aromatic ring is 1. The maximum atomic E-state index is 6.54. The Hall–Kier alpha value is -2.90. The number of ether oxygens (including phenoxy) is 2. The number of hydrogen-bond acceptors (Lipinski definition) is 6. The van der Waals surface area contributed by atoms with Gasteiger partial charge in [0.05, 0.1) is 38.2 Å². The van der Waals surface area contributed by atoms with E-state index in [1.54, 1.807) is 13.3 Å². The van der Waals surface area contributed by atoms with Gasteiger partial charge in [0.1, 0.15) is 11.4 Å². The van der Waals surface area contributed by atoms with Crippen LogP contribution in [0.2, 0.25) is 0 Å². The highest BCUT2D eigenvalue weighted by atomic mass is 16.5. The monoisotopic (exact) mass is 407 g/mol. The van der Waals surface area contributed by atoms with E-state index >= 15 is 0 Å². The minimum atomic E-state index is 0.648. The van der Waals surface area contributed by atoms with Crippen molar-refractivity contribution in [3.8, 4) is 17.1 Å². The summed E-state index contributed by atoms with van der Waals surface area (Å²) < 4.78 is 12.6. The van der Waals surface area contributed by atoms with Crippen LogP contribution in [0.3, 0.4) is 0 Å². The lowest BCUT2D eigenvalue weighted by atomic mass is 10.1. The normalized spacial score (nSPS) is 14.7. The van der Waals surface area contributed by atoms with Crippen LogP contribution >= 0.6 is 0 Å². The van der Waals surface area contributed by atoms with Gasteiger partial charge in [-0.25, -0.2) is 0 Å². The molecule has 7 nitrogen and oxygen atoms in total. The topological polar surface area (TPSA) is 78.4 Å². The largest absolute Gasteiger partial charge is 0.497 e. The molecule has 0 saturated carbocycles. The van der Waals surface area contributed by atoms with Crippen LogP contribution in [0.25, 0.3) is 11.4 Å². The van der Waals surface area contributed by atoms with Crippen LogP contribution in [0.1, 0.15) is 17.5 Å². The zero-order valence-corrected chi connectivity index (χ0v) is 17.5. The molecule has 0 spiro atoms. The van der Waals surface area contributed by atoms with Crippen LogP contribution in [-0.4, -0.2) is 59.6 Å². The molecule has 2 aromatic heterocycles. The number of rotatable bonds is 8. The van der Waals surface area contributed by atoms with E-state index in [-0.39, 0.29) is 0 Å². The first-order valence-electron chi connectivity index (χ1n) is 10.4. The third-order valence-electron chi connectivity index (χ3n) is 5.56. The van der Waals surface area contributed by atoms with Crippen LogP contribution in [-0.2, 0) is 17.7 Å². The van der Waals surface area contributed by atoms with Crippen molar-refractivity contribution < 1.29 is 9.47 Å². The number of benzene rings is 1. The first-order valence-corrected chi connectivity index (χ1v) is 10.4. The van der Waals surface area contributed by atoms with E-state index in [1.165, 1.54) is 0 Å². The maximum Gasteiger partial charge on any atom is 0.118 e. The Morgan fingerprint density at radius 3 is 2.63 bits per heavy atom. The van der Waals surface area contributed by atoms with Crippen LogP contribution < -0.4 is 10.5 Å². The smallest absolute Gasteiger partial charge is 0.118 e. The van der Waals surface area contributed by atoms with E-state index in [0.717, 1.165) is 79.6 Å². The number of hydrogen-bond donors (Lipinski definition) is 1. The van der Waals surface area contributed by atoms with Crippen molar-refractivity contribution in [3.63, 3.8) is 0 Å². The van der Waals surface area contributed by atoms with Crippen molar-refractivity contribution in [3.05, 3.63) is 59.9 Å². The molecule has 3 heterocycles. The molecule has 1 aromatic carbocycles. The molecule has 0 aliphatic carbocycles. The van der Waals surface area contributed by atoms with Crippen molar-refractivity contribution in [2.24, 2.45) is 0 Å². The van der Waals surface area contributed by atoms with Crippen LogP contribution in [0.15, 0.2) is 48.8 Å². The minimum Gasteiger partial charge on any atom is -0.497 e. The van der Waals surface area contributed by atoms with Crippen molar-refractivity contribution >= 4 is 5.69 Å². The van der Waals surface area contributed by atoms with E-state index in [9.17, 15) is 0 Å². The second-order valence-corrected chi connectivity index (χ2v) is 7.51. The Morgan fingerprint density at radius 2 is 1.87 bits per heavy atom. The van der Waals surface area contributed by atoms with E-state index in [0.29, 0.717) is 6.54 Å². The van der Waals surface area contributed by atoms with Gasteiger partial charge in [0.15, 0.2) is 0 Å². The number of nitrogens with zero attached hydrogens (tertiary/aromatic N) is 4. The molecule has 0 radical (unpaired) electrons. The Labute approximate surface area is 177 Å². The molecule has 1 saturated heterocycles. The molecule has 0 unspecified atom stereocenters. The summed E-state index contributed by atoms with van der Waals surface area (Å²) in [6.07, 6.45) is 5.65. The molecule has 158 valence electrons. The first-order chi connectivity index (χ1) is 14.7. The molecule has 4 rings (SSSR count). The van der Waals surface area contributed by atoms with Gasteiger partial charge in [0.25, 0.3) is 0 Å². The van der Waals surface area contributed by atoms with E-state index in [2.05, 4.69) is 15.0 Å². The molecule has 0 bridgehead atoms. The average molecular weight is 408 g/mol. The second kappa shape index (κ2) is 9.73. The molecular weight excluding hydrogens is 378 g/mol. The number of anilines is 1. The maximum absolute atomic E-state index is 6.54. The fourth-order valence-corrected chi connectivity index (χ4v) is 3.82. The van der Waals surface area contributed by atoms with Gasteiger partial charge < -0.3 is 15.2 Å². The number of methoxy groups -OCH3 is 1. The van der Waals surface area contributed by atoms with Crippen LogP contribution in [0, 0.1) is 0 Å². The third kappa shape index (κ3) is 4.80. The van der Waals surface area contributed by atoms with Gasteiger partial charge in [0.2, 0.25) is 0 Å². The first kappa shape index (κ1) is 20.4. The molecule has 7 heteroatoms. The Bertz CT molecular complexity index is 948. The average Bonchev–Trinajstić information content (AvgIpc) is 3.24. The summed E-state index contributed by atoms with van der Waals surface area (Å²) in [6.45, 7) is 5.41. The molecule has 1 aliphatic rings. The van der Waals surface area contributed by atoms with Gasteiger partial charge in [0, 0.05) is 25.5 Å². The van der Waals surface area contributed by atoms with Crippen molar-refractivity contribution in [1.29, 1.82) is 0 Å². The summed E-state index contributed by atoms with van der Waals surface area (Å²) in [5.41, 5.74) is 11.3. The quantitative estimate of drug-likeness (QED) is 0.619. The highest BCUT2D eigenvalue weighted by molar-refractivity contribution is 5.72. The molecule has 1 aliphatic heterocycles. The summed E-state index contributed by atoms with van der Waals surface area (Å²) in [5.74, 6) is 0.843. The summed E-state index contributed by atoms with van der Waals surface area (Å²) in [6, 6.07) is 12.0. The lowest BCUT2D eigenvalue weighted by Gasteiger charge is -2.26. The van der Waals surface area contributed by atoms with Gasteiger partial charge >= 0.3 is 0 Å². The van der Waals surface area contributed by atoms with Crippen molar-refractivity contribution in [2.45, 2.75) is 19.4 Å². The zero-order chi connectivity index (χ0) is 20.8. The summed E-state index contributed by atoms with van der Waals surface area (Å²) in [7, 11) is 1.67. The number of morpholine rings is 1. The molecule has 0 atom stereocenters. The lowest BCUT2D eigenvalue weighted by Crippen LogP contribution is -2.36. The molecule has 1 fully saturated rings. The van der Waals surface area contributed by atoms with Crippen LogP contribution in [0.4, 0.5) is 5.69 Å². The summed E-state index contributed by atoms with van der Waals surface area (Å²) in [5, 5.41) is 4.50.